The van der Waals surface area contributed by atoms with E-state index in [9.17, 15) is 4.79 Å². The third kappa shape index (κ3) is 2.20. The average molecular weight is 204 g/mol. The molecule has 0 aromatic heterocycles. The molecule has 0 heterocycles. The minimum Gasteiger partial charge on any atom is -0.481 e. The van der Waals surface area contributed by atoms with Gasteiger partial charge in [0.25, 0.3) is 0 Å². The van der Waals surface area contributed by atoms with E-state index in [1.165, 1.54) is 11.1 Å². The van der Waals surface area contributed by atoms with Gasteiger partial charge in [-0.2, -0.15) is 0 Å². The predicted octanol–water partition coefficient (Wildman–Crippen LogP) is 2.44. The number of fused-ring (bicyclic) bond motifs is 1. The molecule has 0 atom stereocenters. The van der Waals surface area contributed by atoms with Crippen LogP contribution in [0, 0.1) is 5.41 Å². The van der Waals surface area contributed by atoms with Crippen molar-refractivity contribution >= 4 is 5.97 Å². The fourth-order valence-electron chi connectivity index (χ4n) is 2.39. The van der Waals surface area contributed by atoms with E-state index < -0.39 is 5.97 Å². The van der Waals surface area contributed by atoms with Gasteiger partial charge in [0, 0.05) is 0 Å². The molecule has 1 aromatic rings. The third-order valence-corrected chi connectivity index (χ3v) is 2.96. The quantitative estimate of drug-likeness (QED) is 0.803. The Hall–Kier alpha value is -1.31. The van der Waals surface area contributed by atoms with Crippen molar-refractivity contribution in [2.24, 2.45) is 5.41 Å². The summed E-state index contributed by atoms with van der Waals surface area (Å²) in [6.45, 7) is 4.51. The molecule has 0 amide bonds. The Morgan fingerprint density at radius 2 is 2.00 bits per heavy atom. The van der Waals surface area contributed by atoms with Crippen LogP contribution in [0.2, 0.25) is 0 Å². The number of rotatable bonds is 2. The number of hydrogen-bond donors (Lipinski definition) is 1. The number of benzene rings is 1. The first-order chi connectivity index (χ1) is 6.96. The van der Waals surface area contributed by atoms with Gasteiger partial charge in [-0.1, -0.05) is 32.0 Å². The predicted molar refractivity (Wildman–Crippen MR) is 59.0 cm³/mol. The number of carbonyl (C=O) groups is 1. The van der Waals surface area contributed by atoms with Crippen LogP contribution in [0.25, 0.3) is 0 Å². The lowest BCUT2D eigenvalue weighted by Crippen LogP contribution is -2.09. The number of hydrogen-bond acceptors (Lipinski definition) is 1. The highest BCUT2D eigenvalue weighted by Gasteiger charge is 2.28. The zero-order chi connectivity index (χ0) is 11.1. The van der Waals surface area contributed by atoms with Crippen LogP contribution in [-0.2, 0) is 24.1 Å². The van der Waals surface area contributed by atoms with Gasteiger partial charge in [-0.25, -0.2) is 0 Å². The molecule has 0 aliphatic heterocycles. The molecule has 0 fully saturated rings. The second kappa shape index (κ2) is 3.37. The molecule has 1 aliphatic carbocycles. The van der Waals surface area contributed by atoms with Crippen LogP contribution >= 0.6 is 0 Å². The molecule has 2 nitrogen and oxygen atoms in total. The minimum atomic E-state index is -0.757. The van der Waals surface area contributed by atoms with Crippen molar-refractivity contribution in [2.45, 2.75) is 33.1 Å². The van der Waals surface area contributed by atoms with Crippen LogP contribution in [0.1, 0.15) is 30.5 Å². The SMILES string of the molecule is CC1(C)Cc2ccc(CC(=O)O)cc2C1. The van der Waals surface area contributed by atoms with E-state index in [1.54, 1.807) is 0 Å². The molecule has 0 radical (unpaired) electrons. The van der Waals surface area contributed by atoms with Gasteiger partial charge in [0.1, 0.15) is 0 Å². The Labute approximate surface area is 89.9 Å². The molecule has 80 valence electrons. The number of carboxylic acids is 1. The molecule has 0 spiro atoms. The van der Waals surface area contributed by atoms with Crippen molar-refractivity contribution < 1.29 is 9.90 Å². The van der Waals surface area contributed by atoms with Gasteiger partial charge in [-0.3, -0.25) is 4.79 Å². The normalized spacial score (nSPS) is 17.5. The van der Waals surface area contributed by atoms with Gasteiger partial charge in [0.15, 0.2) is 0 Å². The van der Waals surface area contributed by atoms with Gasteiger partial charge in [0.05, 0.1) is 6.42 Å². The van der Waals surface area contributed by atoms with Crippen LogP contribution in [0.15, 0.2) is 18.2 Å². The summed E-state index contributed by atoms with van der Waals surface area (Å²) < 4.78 is 0. The van der Waals surface area contributed by atoms with E-state index in [-0.39, 0.29) is 6.42 Å². The van der Waals surface area contributed by atoms with E-state index in [2.05, 4.69) is 26.0 Å². The molecule has 1 aliphatic rings. The van der Waals surface area contributed by atoms with Gasteiger partial charge in [0.2, 0.25) is 0 Å². The lowest BCUT2D eigenvalue weighted by Gasteiger charge is -2.14. The Kier molecular flexibility index (Phi) is 2.29. The average Bonchev–Trinajstić information content (AvgIpc) is 2.36. The highest BCUT2D eigenvalue weighted by Crippen LogP contribution is 2.36. The van der Waals surface area contributed by atoms with E-state index >= 15 is 0 Å². The van der Waals surface area contributed by atoms with E-state index in [0.29, 0.717) is 5.41 Å². The summed E-state index contributed by atoms with van der Waals surface area (Å²) in [4.78, 5) is 10.6. The standard InChI is InChI=1S/C13H16O2/c1-13(2)7-10-4-3-9(6-12(14)15)5-11(10)8-13/h3-5H,6-8H2,1-2H3,(H,14,15). The fourth-order valence-corrected chi connectivity index (χ4v) is 2.39. The Balaban J connectivity index is 2.26. The molecule has 0 saturated carbocycles. The molecule has 15 heavy (non-hydrogen) atoms. The van der Waals surface area contributed by atoms with Gasteiger partial charge in [-0.05, 0) is 34.9 Å². The van der Waals surface area contributed by atoms with Crippen molar-refractivity contribution in [1.82, 2.24) is 0 Å². The monoisotopic (exact) mass is 204 g/mol. The van der Waals surface area contributed by atoms with Gasteiger partial charge in [-0.15, -0.1) is 0 Å². The maximum absolute atomic E-state index is 10.6. The van der Waals surface area contributed by atoms with Crippen LogP contribution in [-0.4, -0.2) is 11.1 Å². The molecule has 0 bridgehead atoms. The third-order valence-electron chi connectivity index (χ3n) is 2.96. The van der Waals surface area contributed by atoms with Crippen molar-refractivity contribution in [2.75, 3.05) is 0 Å². The van der Waals surface area contributed by atoms with Crippen LogP contribution in [0.5, 0.6) is 0 Å². The van der Waals surface area contributed by atoms with Crippen molar-refractivity contribution in [3.05, 3.63) is 34.9 Å². The fraction of sp³-hybridized carbons (Fsp3) is 0.462. The number of carboxylic acid groups (broad SMARTS) is 1. The zero-order valence-corrected chi connectivity index (χ0v) is 9.21. The Bertz CT molecular complexity index is 405. The molecular weight excluding hydrogens is 188 g/mol. The smallest absolute Gasteiger partial charge is 0.307 e. The van der Waals surface area contributed by atoms with Crippen molar-refractivity contribution in [3.8, 4) is 0 Å². The Morgan fingerprint density at radius 3 is 2.67 bits per heavy atom. The van der Waals surface area contributed by atoms with Gasteiger partial charge < -0.3 is 5.11 Å². The first kappa shape index (κ1) is 10.2. The molecule has 2 heteroatoms. The first-order valence-electron chi connectivity index (χ1n) is 5.29. The maximum Gasteiger partial charge on any atom is 0.307 e. The first-order valence-corrected chi connectivity index (χ1v) is 5.29. The summed E-state index contributed by atoms with van der Waals surface area (Å²) >= 11 is 0. The van der Waals surface area contributed by atoms with Crippen LogP contribution < -0.4 is 0 Å². The van der Waals surface area contributed by atoms with Gasteiger partial charge >= 0.3 is 5.97 Å². The molecule has 0 saturated heterocycles. The highest BCUT2D eigenvalue weighted by atomic mass is 16.4. The highest BCUT2D eigenvalue weighted by molar-refractivity contribution is 5.70. The Morgan fingerprint density at radius 1 is 1.33 bits per heavy atom. The summed E-state index contributed by atoms with van der Waals surface area (Å²) in [5.41, 5.74) is 3.97. The maximum atomic E-state index is 10.6. The summed E-state index contributed by atoms with van der Waals surface area (Å²) in [6.07, 6.45) is 2.30. The van der Waals surface area contributed by atoms with E-state index in [4.69, 9.17) is 5.11 Å². The largest absolute Gasteiger partial charge is 0.481 e. The van der Waals surface area contributed by atoms with Crippen molar-refractivity contribution in [3.63, 3.8) is 0 Å². The molecule has 1 N–H and O–H groups in total. The zero-order valence-electron chi connectivity index (χ0n) is 9.21. The molecule has 2 rings (SSSR count). The molecule has 1 aromatic carbocycles. The molecular formula is C13H16O2. The second-order valence-electron chi connectivity index (χ2n) is 5.19. The summed E-state index contributed by atoms with van der Waals surface area (Å²) in [7, 11) is 0. The summed E-state index contributed by atoms with van der Waals surface area (Å²) in [5.74, 6) is -0.757. The summed E-state index contributed by atoms with van der Waals surface area (Å²) in [6, 6.07) is 6.08. The topological polar surface area (TPSA) is 37.3 Å². The molecule has 0 unspecified atom stereocenters. The number of aliphatic carboxylic acids is 1. The van der Waals surface area contributed by atoms with Crippen molar-refractivity contribution in [1.29, 1.82) is 0 Å². The van der Waals surface area contributed by atoms with E-state index in [1.807, 2.05) is 6.07 Å². The lowest BCUT2D eigenvalue weighted by molar-refractivity contribution is -0.136. The summed E-state index contributed by atoms with van der Waals surface area (Å²) in [5, 5.41) is 8.72. The second-order valence-corrected chi connectivity index (χ2v) is 5.19. The van der Waals surface area contributed by atoms with Crippen LogP contribution in [0.4, 0.5) is 0 Å². The van der Waals surface area contributed by atoms with Crippen LogP contribution in [0.3, 0.4) is 0 Å². The van der Waals surface area contributed by atoms with E-state index in [0.717, 1.165) is 18.4 Å². The minimum absolute atomic E-state index is 0.133. The lowest BCUT2D eigenvalue weighted by atomic mass is 9.90.